The standard InChI is InChI=1S/C17H24N2O2/c1-11(15-3-2-10-21-15)19(14-8-9-14)17(20)18-16(12-4-5-12)13-6-7-13/h2-3,10-14,16H,4-9H2,1H3,(H,18,20). The van der Waals surface area contributed by atoms with Crippen molar-refractivity contribution in [2.24, 2.45) is 11.8 Å². The summed E-state index contributed by atoms with van der Waals surface area (Å²) in [6.07, 6.45) is 9.09. The highest BCUT2D eigenvalue weighted by molar-refractivity contribution is 5.76. The van der Waals surface area contributed by atoms with Gasteiger partial charge in [0, 0.05) is 12.1 Å². The molecule has 4 rings (SSSR count). The maximum absolute atomic E-state index is 12.8. The maximum Gasteiger partial charge on any atom is 0.318 e. The maximum atomic E-state index is 12.8. The van der Waals surface area contributed by atoms with Crippen LogP contribution in [0.15, 0.2) is 22.8 Å². The molecule has 1 atom stereocenters. The van der Waals surface area contributed by atoms with Gasteiger partial charge >= 0.3 is 6.03 Å². The Balaban J connectivity index is 1.46. The van der Waals surface area contributed by atoms with Crippen molar-refractivity contribution in [3.63, 3.8) is 0 Å². The van der Waals surface area contributed by atoms with Gasteiger partial charge in [0.2, 0.25) is 0 Å². The molecular formula is C17H24N2O2. The molecule has 1 heterocycles. The van der Waals surface area contributed by atoms with Gasteiger partial charge in [-0.15, -0.1) is 0 Å². The minimum Gasteiger partial charge on any atom is -0.467 e. The molecule has 1 unspecified atom stereocenters. The first-order chi connectivity index (χ1) is 10.2. The summed E-state index contributed by atoms with van der Waals surface area (Å²) in [5.41, 5.74) is 0. The van der Waals surface area contributed by atoms with Gasteiger partial charge < -0.3 is 14.6 Å². The van der Waals surface area contributed by atoms with Crippen molar-refractivity contribution >= 4 is 6.03 Å². The number of nitrogens with zero attached hydrogens (tertiary/aromatic N) is 1. The molecule has 4 heteroatoms. The Kier molecular flexibility index (Phi) is 3.20. The van der Waals surface area contributed by atoms with Crippen LogP contribution in [0.1, 0.15) is 57.3 Å². The van der Waals surface area contributed by atoms with Gasteiger partial charge in [-0.05, 0) is 69.4 Å². The molecule has 0 radical (unpaired) electrons. The number of amides is 2. The summed E-state index contributed by atoms with van der Waals surface area (Å²) in [5.74, 6) is 2.36. The Morgan fingerprint density at radius 2 is 1.90 bits per heavy atom. The SMILES string of the molecule is CC(c1ccco1)N(C(=O)NC(C1CC1)C1CC1)C1CC1. The summed E-state index contributed by atoms with van der Waals surface area (Å²) in [6.45, 7) is 2.07. The van der Waals surface area contributed by atoms with Crippen molar-refractivity contribution in [3.05, 3.63) is 24.2 Å². The third-order valence-electron chi connectivity index (χ3n) is 5.10. The number of hydrogen-bond acceptors (Lipinski definition) is 2. The second-order valence-corrected chi connectivity index (χ2v) is 6.98. The summed E-state index contributed by atoms with van der Waals surface area (Å²) >= 11 is 0. The van der Waals surface area contributed by atoms with Crippen LogP contribution in [0.4, 0.5) is 4.79 Å². The van der Waals surface area contributed by atoms with Crippen LogP contribution in [-0.2, 0) is 0 Å². The highest BCUT2D eigenvalue weighted by atomic mass is 16.3. The molecular weight excluding hydrogens is 264 g/mol. The van der Waals surface area contributed by atoms with Crippen LogP contribution in [-0.4, -0.2) is 23.0 Å². The molecule has 0 saturated heterocycles. The molecule has 0 aliphatic heterocycles. The van der Waals surface area contributed by atoms with E-state index in [-0.39, 0.29) is 12.1 Å². The predicted molar refractivity (Wildman–Crippen MR) is 79.8 cm³/mol. The summed E-state index contributed by atoms with van der Waals surface area (Å²) in [6, 6.07) is 4.81. The lowest BCUT2D eigenvalue weighted by Crippen LogP contribution is -2.48. The number of nitrogens with one attached hydrogen (secondary N) is 1. The van der Waals surface area contributed by atoms with E-state index >= 15 is 0 Å². The predicted octanol–water partition coefficient (Wildman–Crippen LogP) is 3.70. The van der Waals surface area contributed by atoms with Crippen molar-refractivity contribution < 1.29 is 9.21 Å². The average Bonchev–Trinajstić information content (AvgIpc) is 3.29. The van der Waals surface area contributed by atoms with Crippen molar-refractivity contribution in [3.8, 4) is 0 Å². The molecule has 3 aliphatic rings. The normalized spacial score (nSPS) is 23.1. The molecule has 21 heavy (non-hydrogen) atoms. The van der Waals surface area contributed by atoms with Gasteiger partial charge in [-0.2, -0.15) is 0 Å². The molecule has 1 aromatic rings. The molecule has 4 nitrogen and oxygen atoms in total. The number of rotatable bonds is 6. The number of carbonyl (C=O) groups excluding carboxylic acids is 1. The monoisotopic (exact) mass is 288 g/mol. The Labute approximate surface area is 125 Å². The van der Waals surface area contributed by atoms with Crippen molar-refractivity contribution in [1.29, 1.82) is 0 Å². The van der Waals surface area contributed by atoms with Gasteiger partial charge in [-0.3, -0.25) is 0 Å². The van der Waals surface area contributed by atoms with E-state index in [2.05, 4.69) is 12.2 Å². The zero-order valence-corrected chi connectivity index (χ0v) is 12.6. The number of furan rings is 1. The van der Waals surface area contributed by atoms with E-state index < -0.39 is 0 Å². The van der Waals surface area contributed by atoms with Crippen LogP contribution in [0.5, 0.6) is 0 Å². The third-order valence-corrected chi connectivity index (χ3v) is 5.10. The summed E-state index contributed by atoms with van der Waals surface area (Å²) in [5, 5.41) is 3.35. The van der Waals surface area contributed by atoms with Gasteiger partial charge in [0.25, 0.3) is 0 Å². The molecule has 0 aromatic carbocycles. The molecule has 0 bridgehead atoms. The quantitative estimate of drug-likeness (QED) is 0.867. The van der Waals surface area contributed by atoms with Gasteiger partial charge in [-0.25, -0.2) is 4.79 Å². The van der Waals surface area contributed by atoms with E-state index in [1.807, 2.05) is 17.0 Å². The van der Waals surface area contributed by atoms with E-state index in [0.717, 1.165) is 30.4 Å². The Hall–Kier alpha value is -1.45. The number of carbonyl (C=O) groups is 1. The van der Waals surface area contributed by atoms with Crippen molar-refractivity contribution in [2.75, 3.05) is 0 Å². The first-order valence-corrected chi connectivity index (χ1v) is 8.36. The lowest BCUT2D eigenvalue weighted by molar-refractivity contribution is 0.160. The molecule has 1 N–H and O–H groups in total. The van der Waals surface area contributed by atoms with Crippen LogP contribution >= 0.6 is 0 Å². The lowest BCUT2D eigenvalue weighted by Gasteiger charge is -2.30. The fourth-order valence-corrected chi connectivity index (χ4v) is 3.43. The average molecular weight is 288 g/mol. The molecule has 3 fully saturated rings. The summed E-state index contributed by atoms with van der Waals surface area (Å²) in [4.78, 5) is 14.8. The number of urea groups is 1. The molecule has 3 saturated carbocycles. The van der Waals surface area contributed by atoms with Crippen LogP contribution in [0.3, 0.4) is 0 Å². The van der Waals surface area contributed by atoms with E-state index in [1.54, 1.807) is 6.26 Å². The molecule has 3 aliphatic carbocycles. The third kappa shape index (κ3) is 2.81. The second kappa shape index (κ2) is 5.08. The van der Waals surface area contributed by atoms with Crippen LogP contribution in [0, 0.1) is 11.8 Å². The minimum absolute atomic E-state index is 0.0200. The largest absolute Gasteiger partial charge is 0.467 e. The zero-order valence-electron chi connectivity index (χ0n) is 12.6. The molecule has 1 aromatic heterocycles. The lowest BCUT2D eigenvalue weighted by atomic mass is 10.1. The highest BCUT2D eigenvalue weighted by Gasteiger charge is 2.44. The fraction of sp³-hybridized carbons (Fsp3) is 0.706. The smallest absolute Gasteiger partial charge is 0.318 e. The van der Waals surface area contributed by atoms with Crippen LogP contribution in [0.2, 0.25) is 0 Å². The topological polar surface area (TPSA) is 45.5 Å². The first-order valence-electron chi connectivity index (χ1n) is 8.36. The van der Waals surface area contributed by atoms with Crippen molar-refractivity contribution in [1.82, 2.24) is 10.2 Å². The highest BCUT2D eigenvalue weighted by Crippen LogP contribution is 2.45. The summed E-state index contributed by atoms with van der Waals surface area (Å²) < 4.78 is 5.51. The van der Waals surface area contributed by atoms with Crippen molar-refractivity contribution in [2.45, 2.75) is 63.6 Å². The Morgan fingerprint density at radius 3 is 2.38 bits per heavy atom. The Bertz CT molecular complexity index is 489. The molecule has 0 spiro atoms. The van der Waals surface area contributed by atoms with E-state index in [4.69, 9.17) is 4.42 Å². The van der Waals surface area contributed by atoms with Crippen LogP contribution < -0.4 is 5.32 Å². The van der Waals surface area contributed by atoms with Gasteiger partial charge in [0.15, 0.2) is 0 Å². The van der Waals surface area contributed by atoms with Gasteiger partial charge in [0.1, 0.15) is 5.76 Å². The first kappa shape index (κ1) is 13.2. The summed E-state index contributed by atoms with van der Waals surface area (Å²) in [7, 11) is 0. The van der Waals surface area contributed by atoms with Crippen LogP contribution in [0.25, 0.3) is 0 Å². The molecule has 2 amide bonds. The van der Waals surface area contributed by atoms with E-state index in [9.17, 15) is 4.79 Å². The van der Waals surface area contributed by atoms with E-state index in [1.165, 1.54) is 25.7 Å². The number of hydrogen-bond donors (Lipinski definition) is 1. The zero-order chi connectivity index (χ0) is 14.4. The minimum atomic E-state index is 0.0200. The van der Waals surface area contributed by atoms with Gasteiger partial charge in [-0.1, -0.05) is 0 Å². The Morgan fingerprint density at radius 1 is 1.24 bits per heavy atom. The molecule has 114 valence electrons. The van der Waals surface area contributed by atoms with Gasteiger partial charge in [0.05, 0.1) is 12.3 Å². The fourth-order valence-electron chi connectivity index (χ4n) is 3.43. The second-order valence-electron chi connectivity index (χ2n) is 6.98. The van der Waals surface area contributed by atoms with E-state index in [0.29, 0.717) is 12.1 Å².